The van der Waals surface area contributed by atoms with Crippen LogP contribution < -0.4 is 9.64 Å². The first-order valence-electron chi connectivity index (χ1n) is 9.90. The zero-order chi connectivity index (χ0) is 23.9. The number of amides is 1. The summed E-state index contributed by atoms with van der Waals surface area (Å²) in [7, 11) is 1.52. The van der Waals surface area contributed by atoms with Crippen molar-refractivity contribution < 1.29 is 19.2 Å². The molecule has 9 heteroatoms. The highest BCUT2D eigenvalue weighted by Gasteiger charge is 2.51. The Morgan fingerprint density at radius 3 is 2.39 bits per heavy atom. The minimum absolute atomic E-state index is 0.0107. The number of non-ortho nitro benzene ring substituents is 1. The van der Waals surface area contributed by atoms with Crippen LogP contribution in [0.4, 0.5) is 11.4 Å². The van der Waals surface area contributed by atoms with Gasteiger partial charge < -0.3 is 9.64 Å². The van der Waals surface area contributed by atoms with E-state index in [1.165, 1.54) is 36.3 Å². The van der Waals surface area contributed by atoms with Crippen molar-refractivity contribution >= 4 is 46.3 Å². The Morgan fingerprint density at radius 2 is 1.76 bits per heavy atom. The Morgan fingerprint density at radius 1 is 1.06 bits per heavy atom. The van der Waals surface area contributed by atoms with E-state index in [-0.39, 0.29) is 33.5 Å². The number of methoxy groups -OCH3 is 1. The number of hydrogen-bond donors (Lipinski definition) is 0. The number of carbonyl (C=O) groups is 2. The number of fused-ring (bicyclic) bond motifs is 1. The summed E-state index contributed by atoms with van der Waals surface area (Å²) < 4.78 is 5.19. The second-order valence-electron chi connectivity index (χ2n) is 7.78. The summed E-state index contributed by atoms with van der Waals surface area (Å²) in [6.07, 6.45) is 0. The zero-order valence-corrected chi connectivity index (χ0v) is 19.2. The molecule has 0 saturated carbocycles. The van der Waals surface area contributed by atoms with E-state index in [9.17, 15) is 19.7 Å². The summed E-state index contributed by atoms with van der Waals surface area (Å²) in [5, 5.41) is 11.6. The Labute approximate surface area is 199 Å². The maximum absolute atomic E-state index is 13.9. The van der Waals surface area contributed by atoms with Gasteiger partial charge in [0.2, 0.25) is 5.91 Å². The van der Waals surface area contributed by atoms with Gasteiger partial charge in [-0.3, -0.25) is 19.7 Å². The molecule has 0 aliphatic carbocycles. The lowest BCUT2D eigenvalue weighted by molar-refractivity contribution is -0.384. The molecule has 1 amide bonds. The number of hydrogen-bond acceptors (Lipinski definition) is 5. The number of ketones is 1. The number of nitrogens with zero attached hydrogens (tertiary/aromatic N) is 2. The average molecular weight is 485 g/mol. The second-order valence-corrected chi connectivity index (χ2v) is 8.63. The minimum Gasteiger partial charge on any atom is -0.497 e. The van der Waals surface area contributed by atoms with E-state index in [1.54, 1.807) is 43.3 Å². The monoisotopic (exact) mass is 484 g/mol. The van der Waals surface area contributed by atoms with E-state index in [0.717, 1.165) is 0 Å². The van der Waals surface area contributed by atoms with Crippen molar-refractivity contribution in [2.45, 2.75) is 18.9 Å². The van der Waals surface area contributed by atoms with Gasteiger partial charge in [-0.2, -0.15) is 0 Å². The van der Waals surface area contributed by atoms with Crippen molar-refractivity contribution in [1.29, 1.82) is 0 Å². The standard InChI is InChI=1S/C24H18Cl2N2O5/c1-24(15-6-8-18(33-2)9-7-15)22(29)21-19(26)11-16(25)12-20(21)27(23(24)30)13-14-4-3-5-17(10-14)28(31)32/h3-12H,13H2,1-2H3. The molecule has 4 rings (SSSR count). The predicted molar refractivity (Wildman–Crippen MR) is 125 cm³/mol. The van der Waals surface area contributed by atoms with Crippen molar-refractivity contribution in [2.75, 3.05) is 12.0 Å². The number of anilines is 1. The first-order valence-corrected chi connectivity index (χ1v) is 10.7. The van der Waals surface area contributed by atoms with Gasteiger partial charge in [0.15, 0.2) is 5.78 Å². The molecule has 1 unspecified atom stereocenters. The molecule has 3 aromatic carbocycles. The van der Waals surface area contributed by atoms with Gasteiger partial charge in [-0.1, -0.05) is 47.5 Å². The minimum atomic E-state index is -1.57. The Bertz CT molecular complexity index is 1290. The van der Waals surface area contributed by atoms with E-state index < -0.39 is 22.0 Å². The van der Waals surface area contributed by atoms with Gasteiger partial charge in [0.05, 0.1) is 34.9 Å². The quantitative estimate of drug-likeness (QED) is 0.267. The van der Waals surface area contributed by atoms with Crippen LogP contribution in [0.25, 0.3) is 0 Å². The van der Waals surface area contributed by atoms with Crippen LogP contribution in [0.3, 0.4) is 0 Å². The van der Waals surface area contributed by atoms with Crippen LogP contribution in [0.5, 0.6) is 5.75 Å². The molecule has 0 radical (unpaired) electrons. The Hall–Kier alpha value is -3.42. The molecule has 1 atom stereocenters. The van der Waals surface area contributed by atoms with E-state index in [2.05, 4.69) is 0 Å². The molecule has 33 heavy (non-hydrogen) atoms. The van der Waals surface area contributed by atoms with Crippen molar-refractivity contribution in [3.05, 3.63) is 97.5 Å². The van der Waals surface area contributed by atoms with Crippen LogP contribution in [-0.4, -0.2) is 23.7 Å². The summed E-state index contributed by atoms with van der Waals surface area (Å²) in [6, 6.07) is 15.6. The molecule has 1 aliphatic rings. The van der Waals surface area contributed by atoms with E-state index in [4.69, 9.17) is 27.9 Å². The largest absolute Gasteiger partial charge is 0.497 e. The van der Waals surface area contributed by atoms with Gasteiger partial charge in [0.1, 0.15) is 11.2 Å². The summed E-state index contributed by atoms with van der Waals surface area (Å²) >= 11 is 12.6. The molecule has 0 bridgehead atoms. The highest BCUT2D eigenvalue weighted by atomic mass is 35.5. The van der Waals surface area contributed by atoms with Crippen LogP contribution in [0.2, 0.25) is 10.0 Å². The molecular weight excluding hydrogens is 467 g/mol. The lowest BCUT2D eigenvalue weighted by Crippen LogP contribution is -2.54. The molecule has 7 nitrogen and oxygen atoms in total. The highest BCUT2D eigenvalue weighted by Crippen LogP contribution is 2.44. The fourth-order valence-corrected chi connectivity index (χ4v) is 4.58. The highest BCUT2D eigenvalue weighted by molar-refractivity contribution is 6.41. The van der Waals surface area contributed by atoms with Gasteiger partial charge in [0.25, 0.3) is 5.69 Å². The van der Waals surface area contributed by atoms with Crippen molar-refractivity contribution in [1.82, 2.24) is 0 Å². The predicted octanol–water partition coefficient (Wildman–Crippen LogP) is 5.60. The van der Waals surface area contributed by atoms with Gasteiger partial charge in [0, 0.05) is 17.2 Å². The summed E-state index contributed by atoms with van der Waals surface area (Å²) in [4.78, 5) is 39.7. The third kappa shape index (κ3) is 3.83. The molecule has 0 saturated heterocycles. The molecule has 1 heterocycles. The number of halogens is 2. The molecule has 0 spiro atoms. The van der Waals surface area contributed by atoms with Crippen molar-refractivity contribution in [3.63, 3.8) is 0 Å². The zero-order valence-electron chi connectivity index (χ0n) is 17.7. The van der Waals surface area contributed by atoms with Gasteiger partial charge >= 0.3 is 0 Å². The maximum atomic E-state index is 13.9. The van der Waals surface area contributed by atoms with Crippen LogP contribution in [-0.2, 0) is 16.8 Å². The van der Waals surface area contributed by atoms with E-state index in [0.29, 0.717) is 16.9 Å². The van der Waals surface area contributed by atoms with Crippen LogP contribution in [0, 0.1) is 10.1 Å². The van der Waals surface area contributed by atoms with Crippen molar-refractivity contribution in [2.24, 2.45) is 0 Å². The van der Waals surface area contributed by atoms with Crippen LogP contribution in [0.1, 0.15) is 28.4 Å². The second kappa shape index (κ2) is 8.50. The number of Topliss-reactive ketones (excluding diaryl/α,β-unsaturated/α-hetero) is 1. The SMILES string of the molecule is COc1ccc(C2(C)C(=O)c3c(Cl)cc(Cl)cc3N(Cc3cccc([N+](=O)[O-])c3)C2=O)cc1. The third-order valence-electron chi connectivity index (χ3n) is 5.81. The summed E-state index contributed by atoms with van der Waals surface area (Å²) in [5.74, 6) is -0.364. The fourth-order valence-electron chi connectivity index (χ4n) is 4.01. The smallest absolute Gasteiger partial charge is 0.269 e. The topological polar surface area (TPSA) is 89.8 Å². The molecular formula is C24H18Cl2N2O5. The molecule has 3 aromatic rings. The van der Waals surface area contributed by atoms with Crippen LogP contribution >= 0.6 is 23.2 Å². The fraction of sp³-hybridized carbons (Fsp3) is 0.167. The Balaban J connectivity index is 1.89. The maximum Gasteiger partial charge on any atom is 0.269 e. The molecule has 0 aromatic heterocycles. The van der Waals surface area contributed by atoms with Gasteiger partial charge in [-0.25, -0.2) is 0 Å². The normalized spacial score (nSPS) is 17.6. The molecule has 1 aliphatic heterocycles. The summed E-state index contributed by atoms with van der Waals surface area (Å²) in [6.45, 7) is 1.54. The van der Waals surface area contributed by atoms with Crippen LogP contribution in [0.15, 0.2) is 60.7 Å². The average Bonchev–Trinajstić information content (AvgIpc) is 2.80. The summed E-state index contributed by atoms with van der Waals surface area (Å²) in [5.41, 5.74) is -0.248. The molecule has 0 N–H and O–H groups in total. The Kier molecular flexibility index (Phi) is 5.86. The number of carbonyl (C=O) groups excluding carboxylic acids is 2. The number of benzene rings is 3. The molecule has 168 valence electrons. The van der Waals surface area contributed by atoms with E-state index >= 15 is 0 Å². The number of ether oxygens (including phenoxy) is 1. The molecule has 0 fully saturated rings. The first kappa shape index (κ1) is 22.8. The van der Waals surface area contributed by atoms with Gasteiger partial charge in [-0.15, -0.1) is 0 Å². The van der Waals surface area contributed by atoms with Gasteiger partial charge in [-0.05, 0) is 42.3 Å². The lowest BCUT2D eigenvalue weighted by atomic mass is 9.72. The van der Waals surface area contributed by atoms with E-state index in [1.807, 2.05) is 0 Å². The number of nitro groups is 1. The third-order valence-corrected chi connectivity index (χ3v) is 6.32. The number of rotatable bonds is 5. The number of nitro benzene ring substituents is 1. The van der Waals surface area contributed by atoms with Crippen molar-refractivity contribution in [3.8, 4) is 5.75 Å². The first-order chi connectivity index (χ1) is 15.7. The lowest BCUT2D eigenvalue weighted by Gasteiger charge is -2.40.